The van der Waals surface area contributed by atoms with Crippen molar-refractivity contribution in [3.63, 3.8) is 0 Å². The second kappa shape index (κ2) is 10.6. The number of thioether (sulfide) groups is 1. The van der Waals surface area contributed by atoms with Gasteiger partial charge in [-0.3, -0.25) is 9.36 Å². The first-order valence-electron chi connectivity index (χ1n) is 9.58. The SMILES string of the molecule is O=C(CSc1nnc(-c2ccc(Cl)cc2)n1-c1ccccc1)N/N=C\c1ccccc1Br. The Bertz CT molecular complexity index is 1240. The van der Waals surface area contributed by atoms with E-state index in [1.165, 1.54) is 11.8 Å². The van der Waals surface area contributed by atoms with E-state index < -0.39 is 0 Å². The Hall–Kier alpha value is -2.94. The summed E-state index contributed by atoms with van der Waals surface area (Å²) in [4.78, 5) is 12.3. The van der Waals surface area contributed by atoms with E-state index in [4.69, 9.17) is 11.6 Å². The minimum Gasteiger partial charge on any atom is -0.272 e. The van der Waals surface area contributed by atoms with Crippen LogP contribution in [0.1, 0.15) is 5.56 Å². The highest BCUT2D eigenvalue weighted by atomic mass is 79.9. The van der Waals surface area contributed by atoms with Gasteiger partial charge < -0.3 is 0 Å². The molecule has 4 aromatic rings. The number of hydrogen-bond acceptors (Lipinski definition) is 5. The molecule has 1 amide bonds. The lowest BCUT2D eigenvalue weighted by molar-refractivity contribution is -0.118. The number of benzene rings is 3. The van der Waals surface area contributed by atoms with Crippen molar-refractivity contribution in [3.8, 4) is 17.1 Å². The third kappa shape index (κ3) is 5.45. The number of rotatable bonds is 7. The molecule has 0 saturated carbocycles. The lowest BCUT2D eigenvalue weighted by Crippen LogP contribution is -2.20. The molecule has 0 fully saturated rings. The van der Waals surface area contributed by atoms with Gasteiger partial charge in [-0.1, -0.05) is 75.7 Å². The molecular formula is C23H17BrClN5OS. The van der Waals surface area contributed by atoms with Crippen molar-refractivity contribution >= 4 is 51.4 Å². The van der Waals surface area contributed by atoms with Crippen LogP contribution in [0.5, 0.6) is 0 Å². The van der Waals surface area contributed by atoms with Crippen LogP contribution in [0.15, 0.2) is 93.6 Å². The molecule has 0 aliphatic rings. The van der Waals surface area contributed by atoms with Crippen molar-refractivity contribution in [3.05, 3.63) is 93.9 Å². The molecular weight excluding hydrogens is 510 g/mol. The number of hydrogen-bond donors (Lipinski definition) is 1. The summed E-state index contributed by atoms with van der Waals surface area (Å²) in [5, 5.41) is 14.0. The molecule has 0 bridgehead atoms. The smallest absolute Gasteiger partial charge is 0.250 e. The third-order valence-electron chi connectivity index (χ3n) is 4.38. The number of amides is 1. The average molecular weight is 527 g/mol. The minimum atomic E-state index is -0.242. The van der Waals surface area contributed by atoms with Gasteiger partial charge in [0.05, 0.1) is 12.0 Å². The van der Waals surface area contributed by atoms with E-state index >= 15 is 0 Å². The Morgan fingerprint density at radius 1 is 1.03 bits per heavy atom. The standard InChI is InChI=1S/C23H17BrClN5OS/c24-20-9-5-4-6-17(20)14-26-27-21(31)15-32-23-29-28-22(16-10-12-18(25)13-11-16)30(23)19-7-2-1-3-8-19/h1-14H,15H2,(H,27,31)/b26-14-. The highest BCUT2D eigenvalue weighted by Gasteiger charge is 2.17. The fourth-order valence-corrected chi connectivity index (χ4v) is 4.13. The highest BCUT2D eigenvalue weighted by molar-refractivity contribution is 9.10. The molecule has 32 heavy (non-hydrogen) atoms. The fourth-order valence-electron chi connectivity index (χ4n) is 2.88. The quantitative estimate of drug-likeness (QED) is 0.193. The van der Waals surface area contributed by atoms with Crippen LogP contribution in [0.4, 0.5) is 0 Å². The van der Waals surface area contributed by atoms with Crippen LogP contribution in [-0.4, -0.2) is 32.6 Å². The van der Waals surface area contributed by atoms with E-state index in [1.807, 2.05) is 83.4 Å². The maximum Gasteiger partial charge on any atom is 0.250 e. The van der Waals surface area contributed by atoms with E-state index in [9.17, 15) is 4.79 Å². The number of aromatic nitrogens is 3. The largest absolute Gasteiger partial charge is 0.272 e. The van der Waals surface area contributed by atoms with Gasteiger partial charge in [-0.2, -0.15) is 5.10 Å². The molecule has 4 rings (SSSR count). The summed E-state index contributed by atoms with van der Waals surface area (Å²) in [7, 11) is 0. The van der Waals surface area contributed by atoms with Crippen molar-refractivity contribution in [2.75, 3.05) is 5.75 Å². The van der Waals surface area contributed by atoms with E-state index in [2.05, 4.69) is 36.7 Å². The second-order valence-electron chi connectivity index (χ2n) is 6.59. The number of halogens is 2. The zero-order valence-corrected chi connectivity index (χ0v) is 19.8. The predicted octanol–water partition coefficient (Wildman–Crippen LogP) is 5.59. The lowest BCUT2D eigenvalue weighted by Gasteiger charge is -2.10. The molecule has 3 aromatic carbocycles. The second-order valence-corrected chi connectivity index (χ2v) is 8.82. The van der Waals surface area contributed by atoms with Crippen molar-refractivity contribution < 1.29 is 4.79 Å². The summed E-state index contributed by atoms with van der Waals surface area (Å²) in [5.41, 5.74) is 5.20. The number of hydrazone groups is 1. The summed E-state index contributed by atoms with van der Waals surface area (Å²) in [6, 6.07) is 24.8. The lowest BCUT2D eigenvalue weighted by atomic mass is 10.2. The van der Waals surface area contributed by atoms with E-state index in [0.717, 1.165) is 21.3 Å². The Morgan fingerprint density at radius 2 is 1.75 bits per heavy atom. The van der Waals surface area contributed by atoms with Crippen molar-refractivity contribution in [2.45, 2.75) is 5.16 Å². The van der Waals surface area contributed by atoms with E-state index in [-0.39, 0.29) is 11.7 Å². The van der Waals surface area contributed by atoms with Gasteiger partial charge in [-0.25, -0.2) is 5.43 Å². The highest BCUT2D eigenvalue weighted by Crippen LogP contribution is 2.28. The van der Waals surface area contributed by atoms with Crippen LogP contribution in [0, 0.1) is 0 Å². The summed E-state index contributed by atoms with van der Waals surface area (Å²) in [5.74, 6) is 0.565. The molecule has 0 spiro atoms. The Labute approximate surface area is 202 Å². The molecule has 9 heteroatoms. The Morgan fingerprint density at radius 3 is 2.50 bits per heavy atom. The number of nitrogens with one attached hydrogen (secondary N) is 1. The molecule has 0 aliphatic heterocycles. The van der Waals surface area contributed by atoms with Crippen LogP contribution in [-0.2, 0) is 4.79 Å². The number of carbonyl (C=O) groups excluding carboxylic acids is 1. The van der Waals surface area contributed by atoms with Gasteiger partial charge in [0.1, 0.15) is 0 Å². The molecule has 0 saturated heterocycles. The fraction of sp³-hybridized carbons (Fsp3) is 0.0435. The van der Waals surface area contributed by atoms with Crippen LogP contribution < -0.4 is 5.43 Å². The Kier molecular flexibility index (Phi) is 7.36. The van der Waals surface area contributed by atoms with Crippen molar-refractivity contribution in [1.29, 1.82) is 0 Å². The van der Waals surface area contributed by atoms with Crippen LogP contribution in [0.3, 0.4) is 0 Å². The monoisotopic (exact) mass is 525 g/mol. The molecule has 1 aromatic heterocycles. The maximum atomic E-state index is 12.3. The van der Waals surface area contributed by atoms with Gasteiger partial charge in [0, 0.05) is 26.3 Å². The number of carbonyl (C=O) groups is 1. The zero-order chi connectivity index (χ0) is 22.3. The van der Waals surface area contributed by atoms with Gasteiger partial charge >= 0.3 is 0 Å². The average Bonchev–Trinajstić information content (AvgIpc) is 3.24. The van der Waals surface area contributed by atoms with Crippen LogP contribution in [0.25, 0.3) is 17.1 Å². The molecule has 0 unspecified atom stereocenters. The van der Waals surface area contributed by atoms with E-state index in [0.29, 0.717) is 16.0 Å². The van der Waals surface area contributed by atoms with Gasteiger partial charge in [-0.15, -0.1) is 10.2 Å². The molecule has 160 valence electrons. The summed E-state index contributed by atoms with van der Waals surface area (Å²) < 4.78 is 2.82. The first-order valence-corrected chi connectivity index (χ1v) is 11.7. The number of para-hydroxylation sites is 1. The topological polar surface area (TPSA) is 72.2 Å². The molecule has 1 heterocycles. The first-order chi connectivity index (χ1) is 15.6. The van der Waals surface area contributed by atoms with Crippen molar-refractivity contribution in [2.24, 2.45) is 5.10 Å². The van der Waals surface area contributed by atoms with Gasteiger partial charge in [0.2, 0.25) is 0 Å². The summed E-state index contributed by atoms with van der Waals surface area (Å²) >= 11 is 10.8. The van der Waals surface area contributed by atoms with Gasteiger partial charge in [0.15, 0.2) is 11.0 Å². The molecule has 0 radical (unpaired) electrons. The minimum absolute atomic E-state index is 0.138. The third-order valence-corrected chi connectivity index (χ3v) is 6.28. The van der Waals surface area contributed by atoms with E-state index in [1.54, 1.807) is 6.21 Å². The van der Waals surface area contributed by atoms with Gasteiger partial charge in [-0.05, 0) is 42.5 Å². The molecule has 6 nitrogen and oxygen atoms in total. The summed E-state index contributed by atoms with van der Waals surface area (Å²) in [6.45, 7) is 0. The van der Waals surface area contributed by atoms with Crippen molar-refractivity contribution in [1.82, 2.24) is 20.2 Å². The van der Waals surface area contributed by atoms with Gasteiger partial charge in [0.25, 0.3) is 5.91 Å². The normalized spacial score (nSPS) is 11.1. The molecule has 0 atom stereocenters. The molecule has 1 N–H and O–H groups in total. The maximum absolute atomic E-state index is 12.3. The first kappa shape index (κ1) is 22.3. The number of nitrogens with zero attached hydrogens (tertiary/aromatic N) is 4. The molecule has 0 aliphatic carbocycles. The van der Waals surface area contributed by atoms with Crippen LogP contribution in [0.2, 0.25) is 5.02 Å². The predicted molar refractivity (Wildman–Crippen MR) is 132 cm³/mol. The summed E-state index contributed by atoms with van der Waals surface area (Å²) in [6.07, 6.45) is 1.60. The Balaban J connectivity index is 1.50. The van der Waals surface area contributed by atoms with Crippen LogP contribution >= 0.6 is 39.3 Å². The zero-order valence-electron chi connectivity index (χ0n) is 16.7.